The Bertz CT molecular complexity index is 742. The van der Waals surface area contributed by atoms with Gasteiger partial charge in [-0.1, -0.05) is 69.3 Å². The summed E-state index contributed by atoms with van der Waals surface area (Å²) < 4.78 is 0. The van der Waals surface area contributed by atoms with Gasteiger partial charge in [0.15, 0.2) is 0 Å². The molecule has 0 unspecified atom stereocenters. The average molecular weight is 278 g/mol. The maximum atomic E-state index is 9.88. The summed E-state index contributed by atoms with van der Waals surface area (Å²) in [7, 11) is 0. The van der Waals surface area contributed by atoms with Crippen LogP contribution in [0.5, 0.6) is 0 Å². The van der Waals surface area contributed by atoms with E-state index >= 15 is 0 Å². The molecule has 0 aliphatic heterocycles. The highest BCUT2D eigenvalue weighted by molar-refractivity contribution is 6.06. The number of rotatable bonds is 3. The molecule has 0 saturated carbocycles. The van der Waals surface area contributed by atoms with Crippen molar-refractivity contribution in [3.8, 4) is 0 Å². The molecule has 1 N–H and O–H groups in total. The standard InChI is InChI=1S/C20H22O/c1-4-20(2,3)19-16-11-7-5-9-14(16)18(13-21)15-10-6-8-12-17(15)19/h5-12,21H,4,13H2,1-3H3. The van der Waals surface area contributed by atoms with Crippen molar-refractivity contribution < 1.29 is 5.11 Å². The molecular formula is C20H22O. The quantitative estimate of drug-likeness (QED) is 0.655. The van der Waals surface area contributed by atoms with E-state index in [1.54, 1.807) is 0 Å². The lowest BCUT2D eigenvalue weighted by atomic mass is 9.76. The fraction of sp³-hybridized carbons (Fsp3) is 0.300. The second-order valence-electron chi connectivity index (χ2n) is 6.34. The highest BCUT2D eigenvalue weighted by Gasteiger charge is 2.24. The van der Waals surface area contributed by atoms with Gasteiger partial charge in [0, 0.05) is 0 Å². The summed E-state index contributed by atoms with van der Waals surface area (Å²) in [5.74, 6) is 0. The molecule has 0 atom stereocenters. The molecule has 3 aromatic rings. The maximum absolute atomic E-state index is 9.88. The Morgan fingerprint density at radius 3 is 1.62 bits per heavy atom. The third-order valence-corrected chi connectivity index (χ3v) is 4.76. The number of fused-ring (bicyclic) bond motifs is 2. The average Bonchev–Trinajstić information content (AvgIpc) is 2.52. The van der Waals surface area contributed by atoms with E-state index in [0.29, 0.717) is 0 Å². The van der Waals surface area contributed by atoms with Crippen LogP contribution in [0.1, 0.15) is 38.3 Å². The lowest BCUT2D eigenvalue weighted by Gasteiger charge is -2.28. The number of hydrogen-bond donors (Lipinski definition) is 1. The van der Waals surface area contributed by atoms with Crippen molar-refractivity contribution in [2.75, 3.05) is 0 Å². The summed E-state index contributed by atoms with van der Waals surface area (Å²) in [6, 6.07) is 16.9. The SMILES string of the molecule is CCC(C)(C)c1c2ccccc2c(CO)c2ccccc12. The number of benzene rings is 3. The lowest BCUT2D eigenvalue weighted by Crippen LogP contribution is -2.17. The first kappa shape index (κ1) is 14.1. The van der Waals surface area contributed by atoms with Gasteiger partial charge in [-0.2, -0.15) is 0 Å². The van der Waals surface area contributed by atoms with E-state index in [1.807, 2.05) is 0 Å². The molecule has 0 amide bonds. The molecule has 0 aliphatic carbocycles. The maximum Gasteiger partial charge on any atom is 0.0693 e. The molecule has 21 heavy (non-hydrogen) atoms. The zero-order valence-corrected chi connectivity index (χ0v) is 13.0. The molecule has 3 rings (SSSR count). The van der Waals surface area contributed by atoms with Gasteiger partial charge in [-0.3, -0.25) is 0 Å². The van der Waals surface area contributed by atoms with Gasteiger partial charge in [0.2, 0.25) is 0 Å². The summed E-state index contributed by atoms with van der Waals surface area (Å²) in [5, 5.41) is 14.8. The molecule has 3 aromatic carbocycles. The Hall–Kier alpha value is -1.86. The van der Waals surface area contributed by atoms with Crippen LogP contribution in [-0.2, 0) is 12.0 Å². The van der Waals surface area contributed by atoms with E-state index in [4.69, 9.17) is 0 Å². The van der Waals surface area contributed by atoms with E-state index in [9.17, 15) is 5.11 Å². The van der Waals surface area contributed by atoms with Crippen LogP contribution in [0, 0.1) is 0 Å². The Morgan fingerprint density at radius 1 is 0.810 bits per heavy atom. The monoisotopic (exact) mass is 278 g/mol. The third-order valence-electron chi connectivity index (χ3n) is 4.76. The van der Waals surface area contributed by atoms with Gasteiger partial charge in [0.1, 0.15) is 0 Å². The first-order chi connectivity index (χ1) is 10.1. The van der Waals surface area contributed by atoms with Gasteiger partial charge in [-0.05, 0) is 44.5 Å². The van der Waals surface area contributed by atoms with Crippen LogP contribution in [0.4, 0.5) is 0 Å². The number of aliphatic hydroxyl groups excluding tert-OH is 1. The predicted molar refractivity (Wildman–Crippen MR) is 90.7 cm³/mol. The van der Waals surface area contributed by atoms with Gasteiger partial charge in [-0.15, -0.1) is 0 Å². The fourth-order valence-corrected chi connectivity index (χ4v) is 3.29. The second kappa shape index (κ2) is 5.16. The first-order valence-electron chi connectivity index (χ1n) is 7.64. The van der Waals surface area contributed by atoms with Crippen LogP contribution in [0.15, 0.2) is 48.5 Å². The zero-order chi connectivity index (χ0) is 15.0. The summed E-state index contributed by atoms with van der Waals surface area (Å²) >= 11 is 0. The largest absolute Gasteiger partial charge is 0.392 e. The van der Waals surface area contributed by atoms with Crippen LogP contribution in [-0.4, -0.2) is 5.11 Å². The third kappa shape index (κ3) is 2.13. The van der Waals surface area contributed by atoms with Crippen LogP contribution in [0.25, 0.3) is 21.5 Å². The van der Waals surface area contributed by atoms with Crippen LogP contribution >= 0.6 is 0 Å². The Balaban J connectivity index is 2.60. The van der Waals surface area contributed by atoms with Crippen molar-refractivity contribution >= 4 is 21.5 Å². The van der Waals surface area contributed by atoms with Gasteiger partial charge in [-0.25, -0.2) is 0 Å². The Kier molecular flexibility index (Phi) is 3.46. The summed E-state index contributed by atoms with van der Waals surface area (Å²) in [4.78, 5) is 0. The molecule has 0 heterocycles. The Labute approximate surface area is 126 Å². The molecule has 0 radical (unpaired) electrons. The van der Waals surface area contributed by atoms with Gasteiger partial charge in [0.25, 0.3) is 0 Å². The van der Waals surface area contributed by atoms with Crippen molar-refractivity contribution in [3.63, 3.8) is 0 Å². The predicted octanol–water partition coefficient (Wildman–Crippen LogP) is 5.17. The summed E-state index contributed by atoms with van der Waals surface area (Å²) in [6.45, 7) is 6.93. The lowest BCUT2D eigenvalue weighted by molar-refractivity contribution is 0.285. The molecule has 1 heteroatoms. The zero-order valence-electron chi connectivity index (χ0n) is 13.0. The summed E-state index contributed by atoms with van der Waals surface area (Å²) in [6.07, 6.45) is 1.08. The topological polar surface area (TPSA) is 20.2 Å². The Morgan fingerprint density at radius 2 is 1.24 bits per heavy atom. The van der Waals surface area contributed by atoms with E-state index in [1.165, 1.54) is 27.1 Å². The minimum Gasteiger partial charge on any atom is -0.392 e. The molecule has 0 saturated heterocycles. The number of hydrogen-bond acceptors (Lipinski definition) is 1. The van der Waals surface area contributed by atoms with Crippen molar-refractivity contribution in [2.45, 2.75) is 39.2 Å². The van der Waals surface area contributed by atoms with Crippen LogP contribution in [0.3, 0.4) is 0 Å². The smallest absolute Gasteiger partial charge is 0.0693 e. The highest BCUT2D eigenvalue weighted by Crippen LogP contribution is 2.40. The normalized spacial score (nSPS) is 12.2. The van der Waals surface area contributed by atoms with Gasteiger partial charge >= 0.3 is 0 Å². The minimum absolute atomic E-state index is 0.0772. The molecule has 0 spiro atoms. The van der Waals surface area contributed by atoms with Crippen molar-refractivity contribution in [1.82, 2.24) is 0 Å². The fourth-order valence-electron chi connectivity index (χ4n) is 3.29. The molecule has 0 fully saturated rings. The number of aliphatic hydroxyl groups is 1. The molecule has 0 bridgehead atoms. The van der Waals surface area contributed by atoms with Crippen molar-refractivity contribution in [1.29, 1.82) is 0 Å². The van der Waals surface area contributed by atoms with Crippen molar-refractivity contribution in [2.24, 2.45) is 0 Å². The van der Waals surface area contributed by atoms with Gasteiger partial charge in [0.05, 0.1) is 6.61 Å². The molecule has 0 aromatic heterocycles. The second-order valence-corrected chi connectivity index (χ2v) is 6.34. The summed E-state index contributed by atoms with van der Waals surface area (Å²) in [5.41, 5.74) is 2.54. The van der Waals surface area contributed by atoms with E-state index in [0.717, 1.165) is 12.0 Å². The molecule has 1 nitrogen and oxygen atoms in total. The molecule has 0 aliphatic rings. The van der Waals surface area contributed by atoms with E-state index in [-0.39, 0.29) is 12.0 Å². The first-order valence-corrected chi connectivity index (χ1v) is 7.64. The molecular weight excluding hydrogens is 256 g/mol. The minimum atomic E-state index is 0.0772. The van der Waals surface area contributed by atoms with Crippen LogP contribution in [0.2, 0.25) is 0 Å². The van der Waals surface area contributed by atoms with E-state index in [2.05, 4.69) is 69.3 Å². The van der Waals surface area contributed by atoms with Crippen LogP contribution < -0.4 is 0 Å². The molecule has 108 valence electrons. The highest BCUT2D eigenvalue weighted by atomic mass is 16.3. The van der Waals surface area contributed by atoms with Gasteiger partial charge < -0.3 is 5.11 Å². The van der Waals surface area contributed by atoms with E-state index < -0.39 is 0 Å². The van der Waals surface area contributed by atoms with Crippen molar-refractivity contribution in [3.05, 3.63) is 59.7 Å².